The second-order valence-corrected chi connectivity index (χ2v) is 9.17. The molecule has 0 radical (unpaired) electrons. The molecule has 0 bridgehead atoms. The van der Waals surface area contributed by atoms with Gasteiger partial charge in [-0.15, -0.1) is 10.2 Å². The van der Waals surface area contributed by atoms with Gasteiger partial charge in [-0.25, -0.2) is 0 Å². The standard InChI is InChI=1S/C27H25N5O2S/c33-24(28-18-20-13-15-22(16-14-20)31-17-7-12-25(31)34)19-35-27-30-29-26(21-8-3-1-4-9-21)32(27)23-10-5-2-6-11-23/h1-6,8-11,13-16H,7,12,17-19H2,(H,28,33). The van der Waals surface area contributed by atoms with Crippen LogP contribution in [0, 0.1) is 0 Å². The fourth-order valence-corrected chi connectivity index (χ4v) is 4.83. The van der Waals surface area contributed by atoms with E-state index in [0.29, 0.717) is 18.1 Å². The topological polar surface area (TPSA) is 80.1 Å². The van der Waals surface area contributed by atoms with Crippen LogP contribution in [0.3, 0.4) is 0 Å². The molecule has 3 aromatic carbocycles. The predicted molar refractivity (Wildman–Crippen MR) is 137 cm³/mol. The first-order chi connectivity index (χ1) is 17.2. The number of nitrogens with zero attached hydrogens (tertiary/aromatic N) is 4. The first-order valence-electron chi connectivity index (χ1n) is 11.5. The van der Waals surface area contributed by atoms with Gasteiger partial charge < -0.3 is 10.2 Å². The molecule has 0 aliphatic carbocycles. The minimum atomic E-state index is -0.0855. The first-order valence-corrected chi connectivity index (χ1v) is 12.5. The number of hydrogen-bond acceptors (Lipinski definition) is 5. The highest BCUT2D eigenvalue weighted by atomic mass is 32.2. The van der Waals surface area contributed by atoms with Gasteiger partial charge in [-0.2, -0.15) is 0 Å². The van der Waals surface area contributed by atoms with Crippen molar-refractivity contribution in [3.05, 3.63) is 90.5 Å². The summed E-state index contributed by atoms with van der Waals surface area (Å²) in [6, 6.07) is 27.6. The highest BCUT2D eigenvalue weighted by Gasteiger charge is 2.21. The maximum Gasteiger partial charge on any atom is 0.230 e. The molecule has 1 fully saturated rings. The van der Waals surface area contributed by atoms with E-state index in [1.54, 1.807) is 0 Å². The lowest BCUT2D eigenvalue weighted by atomic mass is 10.2. The van der Waals surface area contributed by atoms with E-state index >= 15 is 0 Å². The Labute approximate surface area is 208 Å². The average molecular weight is 484 g/mol. The molecular weight excluding hydrogens is 458 g/mol. The predicted octanol–water partition coefficient (Wildman–Crippen LogP) is 4.47. The van der Waals surface area contributed by atoms with Crippen molar-refractivity contribution < 1.29 is 9.59 Å². The fraction of sp³-hybridized carbons (Fsp3) is 0.185. The highest BCUT2D eigenvalue weighted by Crippen LogP contribution is 2.28. The maximum absolute atomic E-state index is 12.6. The number of aromatic nitrogens is 3. The second-order valence-electron chi connectivity index (χ2n) is 8.22. The Morgan fingerprint density at radius 1 is 0.886 bits per heavy atom. The molecule has 0 atom stereocenters. The Bertz CT molecular complexity index is 1310. The zero-order chi connectivity index (χ0) is 24.0. The molecule has 35 heavy (non-hydrogen) atoms. The Balaban J connectivity index is 1.23. The number of nitrogens with one attached hydrogen (secondary N) is 1. The maximum atomic E-state index is 12.6. The van der Waals surface area contributed by atoms with Crippen molar-refractivity contribution in [3.8, 4) is 17.1 Å². The summed E-state index contributed by atoms with van der Waals surface area (Å²) in [6.07, 6.45) is 1.51. The molecule has 1 aliphatic rings. The van der Waals surface area contributed by atoms with Crippen LogP contribution in [-0.2, 0) is 16.1 Å². The Hall–Kier alpha value is -3.91. The first kappa shape index (κ1) is 22.9. The molecular formula is C27H25N5O2S. The van der Waals surface area contributed by atoms with Gasteiger partial charge in [0.1, 0.15) is 0 Å². The van der Waals surface area contributed by atoms with E-state index in [1.165, 1.54) is 11.8 Å². The summed E-state index contributed by atoms with van der Waals surface area (Å²) in [5.74, 6) is 1.04. The summed E-state index contributed by atoms with van der Waals surface area (Å²) in [4.78, 5) is 26.3. The molecule has 4 aromatic rings. The minimum Gasteiger partial charge on any atom is -0.351 e. The molecule has 0 spiro atoms. The van der Waals surface area contributed by atoms with Gasteiger partial charge in [-0.3, -0.25) is 14.2 Å². The van der Waals surface area contributed by atoms with Crippen molar-refractivity contribution >= 4 is 29.3 Å². The van der Waals surface area contributed by atoms with E-state index in [0.717, 1.165) is 41.3 Å². The largest absolute Gasteiger partial charge is 0.351 e. The summed E-state index contributed by atoms with van der Waals surface area (Å²) in [5.41, 5.74) is 3.79. The number of amides is 2. The molecule has 0 unspecified atom stereocenters. The van der Waals surface area contributed by atoms with Gasteiger partial charge in [0.25, 0.3) is 0 Å². The van der Waals surface area contributed by atoms with Crippen LogP contribution >= 0.6 is 11.8 Å². The van der Waals surface area contributed by atoms with Gasteiger partial charge in [0.05, 0.1) is 5.75 Å². The van der Waals surface area contributed by atoms with Gasteiger partial charge in [-0.05, 0) is 36.2 Å². The van der Waals surface area contributed by atoms with Crippen molar-refractivity contribution in [2.45, 2.75) is 24.5 Å². The lowest BCUT2D eigenvalue weighted by Crippen LogP contribution is -2.25. The van der Waals surface area contributed by atoms with Crippen LogP contribution in [0.15, 0.2) is 90.1 Å². The molecule has 1 saturated heterocycles. The van der Waals surface area contributed by atoms with Crippen LogP contribution in [0.4, 0.5) is 5.69 Å². The van der Waals surface area contributed by atoms with Gasteiger partial charge in [0.15, 0.2) is 11.0 Å². The van der Waals surface area contributed by atoms with E-state index < -0.39 is 0 Å². The Morgan fingerprint density at radius 3 is 2.29 bits per heavy atom. The van der Waals surface area contributed by atoms with E-state index in [4.69, 9.17) is 0 Å². The smallest absolute Gasteiger partial charge is 0.230 e. The molecule has 176 valence electrons. The molecule has 1 aromatic heterocycles. The van der Waals surface area contributed by atoms with Crippen LogP contribution in [0.5, 0.6) is 0 Å². The third kappa shape index (κ3) is 5.27. The molecule has 1 aliphatic heterocycles. The van der Waals surface area contributed by atoms with Gasteiger partial charge in [0.2, 0.25) is 11.8 Å². The van der Waals surface area contributed by atoms with Gasteiger partial charge >= 0.3 is 0 Å². The van der Waals surface area contributed by atoms with Crippen molar-refractivity contribution in [1.29, 1.82) is 0 Å². The number of carbonyl (C=O) groups excluding carboxylic acids is 2. The second kappa shape index (κ2) is 10.6. The normalized spacial score (nSPS) is 13.3. The monoisotopic (exact) mass is 483 g/mol. The Kier molecular flexibility index (Phi) is 6.90. The number of benzene rings is 3. The van der Waals surface area contributed by atoms with Crippen LogP contribution in [0.2, 0.25) is 0 Å². The lowest BCUT2D eigenvalue weighted by Gasteiger charge is -2.16. The number of anilines is 1. The molecule has 2 amide bonds. The third-order valence-electron chi connectivity index (χ3n) is 5.82. The van der Waals surface area contributed by atoms with Gasteiger partial charge in [-0.1, -0.05) is 72.4 Å². The summed E-state index contributed by atoms with van der Waals surface area (Å²) in [6.45, 7) is 1.19. The van der Waals surface area contributed by atoms with Crippen molar-refractivity contribution in [2.24, 2.45) is 0 Å². The zero-order valence-corrected chi connectivity index (χ0v) is 19.9. The highest BCUT2D eigenvalue weighted by molar-refractivity contribution is 7.99. The number of thioether (sulfide) groups is 1. The third-order valence-corrected chi connectivity index (χ3v) is 6.75. The molecule has 7 nitrogen and oxygen atoms in total. The van der Waals surface area contributed by atoms with Crippen molar-refractivity contribution in [1.82, 2.24) is 20.1 Å². The number of para-hydroxylation sites is 1. The number of rotatable bonds is 8. The molecule has 2 heterocycles. The van der Waals surface area contributed by atoms with E-state index in [1.807, 2.05) is 94.4 Å². The SMILES string of the molecule is O=C(CSc1nnc(-c2ccccc2)n1-c1ccccc1)NCc1ccc(N2CCCC2=O)cc1. The van der Waals surface area contributed by atoms with Crippen LogP contribution in [0.25, 0.3) is 17.1 Å². The molecule has 5 rings (SSSR count). The quantitative estimate of drug-likeness (QED) is 0.374. The number of carbonyl (C=O) groups is 2. The van der Waals surface area contributed by atoms with E-state index in [2.05, 4.69) is 15.5 Å². The fourth-order valence-electron chi connectivity index (χ4n) is 4.04. The van der Waals surface area contributed by atoms with Crippen LogP contribution < -0.4 is 10.2 Å². The van der Waals surface area contributed by atoms with E-state index in [9.17, 15) is 9.59 Å². The number of hydrogen-bond donors (Lipinski definition) is 1. The van der Waals surface area contributed by atoms with Crippen molar-refractivity contribution in [2.75, 3.05) is 17.2 Å². The molecule has 0 saturated carbocycles. The minimum absolute atomic E-state index is 0.0855. The molecule has 1 N–H and O–H groups in total. The average Bonchev–Trinajstić information content (AvgIpc) is 3.54. The van der Waals surface area contributed by atoms with Gasteiger partial charge in [0, 0.05) is 36.4 Å². The van der Waals surface area contributed by atoms with Crippen LogP contribution in [-0.4, -0.2) is 38.9 Å². The lowest BCUT2D eigenvalue weighted by molar-refractivity contribution is -0.119. The summed E-state index contributed by atoms with van der Waals surface area (Å²) >= 11 is 1.35. The summed E-state index contributed by atoms with van der Waals surface area (Å²) in [7, 11) is 0. The zero-order valence-electron chi connectivity index (χ0n) is 19.1. The van der Waals surface area contributed by atoms with Crippen LogP contribution in [0.1, 0.15) is 18.4 Å². The van der Waals surface area contributed by atoms with Crippen molar-refractivity contribution in [3.63, 3.8) is 0 Å². The Morgan fingerprint density at radius 2 is 1.60 bits per heavy atom. The molecule has 8 heteroatoms. The van der Waals surface area contributed by atoms with E-state index in [-0.39, 0.29) is 17.6 Å². The summed E-state index contributed by atoms with van der Waals surface area (Å²) < 4.78 is 1.98. The summed E-state index contributed by atoms with van der Waals surface area (Å²) in [5, 5.41) is 12.4.